The first-order valence-corrected chi connectivity index (χ1v) is 9.79. The highest BCUT2D eigenvalue weighted by Crippen LogP contribution is 2.25. The molecular weight excluding hydrogens is 377 g/mol. The number of amides is 1. The van der Waals surface area contributed by atoms with Crippen LogP contribution in [0.3, 0.4) is 0 Å². The van der Waals surface area contributed by atoms with Crippen molar-refractivity contribution >= 4 is 42.5 Å². The Bertz CT molecular complexity index is 514. The predicted octanol–water partition coefficient (Wildman–Crippen LogP) is 2.73. The van der Waals surface area contributed by atoms with E-state index in [-0.39, 0.29) is 42.8 Å². The van der Waals surface area contributed by atoms with Crippen molar-refractivity contribution in [2.45, 2.75) is 25.4 Å². The molecule has 2 N–H and O–H groups in total. The summed E-state index contributed by atoms with van der Waals surface area (Å²) in [5.74, 6) is 2.88. The molecule has 3 rings (SSSR count). The van der Waals surface area contributed by atoms with Crippen molar-refractivity contribution in [3.8, 4) is 0 Å². The molecule has 2 aliphatic rings. The second-order valence-corrected chi connectivity index (χ2v) is 7.77. The molecule has 2 saturated heterocycles. The summed E-state index contributed by atoms with van der Waals surface area (Å²) >= 11 is 1.98. The molecule has 4 nitrogen and oxygen atoms in total. The largest absolute Gasteiger partial charge is 0.351 e. The van der Waals surface area contributed by atoms with Gasteiger partial charge in [0, 0.05) is 30.6 Å². The normalized spacial score (nSPS) is 25.2. The Morgan fingerprint density at radius 1 is 1.24 bits per heavy atom. The summed E-state index contributed by atoms with van der Waals surface area (Å²) < 4.78 is 0. The Kier molecular flexibility index (Phi) is 10.2. The van der Waals surface area contributed by atoms with E-state index in [2.05, 4.69) is 34.6 Å². The molecule has 0 aromatic heterocycles. The van der Waals surface area contributed by atoms with Gasteiger partial charge in [0.1, 0.15) is 6.04 Å². The zero-order valence-corrected chi connectivity index (χ0v) is 17.1. The van der Waals surface area contributed by atoms with Crippen LogP contribution in [0.4, 0.5) is 0 Å². The molecule has 0 radical (unpaired) electrons. The first-order valence-electron chi connectivity index (χ1n) is 8.63. The Balaban J connectivity index is 0.00000156. The van der Waals surface area contributed by atoms with Crippen molar-refractivity contribution in [3.63, 3.8) is 0 Å². The molecular formula is C18H29Cl2N3OS. The fourth-order valence-corrected chi connectivity index (χ4v) is 4.42. The maximum atomic E-state index is 13.1. The predicted molar refractivity (Wildman–Crippen MR) is 111 cm³/mol. The van der Waals surface area contributed by atoms with E-state index in [0.717, 1.165) is 49.7 Å². The van der Waals surface area contributed by atoms with Crippen LogP contribution >= 0.6 is 36.6 Å². The van der Waals surface area contributed by atoms with E-state index < -0.39 is 0 Å². The van der Waals surface area contributed by atoms with E-state index in [9.17, 15) is 4.79 Å². The number of halogens is 2. The first-order chi connectivity index (χ1) is 11.3. The molecule has 3 unspecified atom stereocenters. The van der Waals surface area contributed by atoms with Crippen LogP contribution in [0.1, 0.15) is 24.9 Å². The lowest BCUT2D eigenvalue weighted by atomic mass is 9.94. The van der Waals surface area contributed by atoms with Crippen molar-refractivity contribution in [2.75, 3.05) is 37.7 Å². The molecule has 142 valence electrons. The second-order valence-electron chi connectivity index (χ2n) is 6.55. The molecule has 2 fully saturated rings. The van der Waals surface area contributed by atoms with Crippen molar-refractivity contribution in [2.24, 2.45) is 5.92 Å². The van der Waals surface area contributed by atoms with Gasteiger partial charge in [0.2, 0.25) is 5.91 Å². The van der Waals surface area contributed by atoms with Crippen LogP contribution in [0.25, 0.3) is 0 Å². The monoisotopic (exact) mass is 405 g/mol. The standard InChI is InChI=1S/C18H27N3OS.2ClH/c1-14-13-19-8-7-16(14)20-18(22)17(15-5-3-2-4-6-15)21-9-11-23-12-10-21;;/h2-6,14,16-17,19H,7-13H2,1H3,(H,20,22);2*1H. The number of carbonyl (C=O) groups is 1. The molecule has 0 spiro atoms. The van der Waals surface area contributed by atoms with Gasteiger partial charge < -0.3 is 10.6 Å². The van der Waals surface area contributed by atoms with Crippen molar-refractivity contribution < 1.29 is 4.79 Å². The Morgan fingerprint density at radius 2 is 1.92 bits per heavy atom. The smallest absolute Gasteiger partial charge is 0.242 e. The third-order valence-electron chi connectivity index (χ3n) is 4.89. The van der Waals surface area contributed by atoms with Crippen LogP contribution in [-0.4, -0.2) is 54.5 Å². The minimum Gasteiger partial charge on any atom is -0.351 e. The molecule has 0 bridgehead atoms. The average Bonchev–Trinajstić information content (AvgIpc) is 2.59. The van der Waals surface area contributed by atoms with Gasteiger partial charge in [-0.05, 0) is 31.0 Å². The zero-order chi connectivity index (χ0) is 16.1. The topological polar surface area (TPSA) is 44.4 Å². The van der Waals surface area contributed by atoms with Gasteiger partial charge in [0.05, 0.1) is 0 Å². The number of nitrogens with zero attached hydrogens (tertiary/aromatic N) is 1. The maximum absolute atomic E-state index is 13.1. The molecule has 2 heterocycles. The summed E-state index contributed by atoms with van der Waals surface area (Å²) in [5, 5.41) is 6.73. The highest BCUT2D eigenvalue weighted by Gasteiger charge is 2.31. The van der Waals surface area contributed by atoms with Crippen LogP contribution in [0.15, 0.2) is 30.3 Å². The summed E-state index contributed by atoms with van der Waals surface area (Å²) in [6.07, 6.45) is 1.02. The number of hydrogen-bond acceptors (Lipinski definition) is 4. The molecule has 0 aliphatic carbocycles. The van der Waals surface area contributed by atoms with Gasteiger partial charge in [-0.2, -0.15) is 11.8 Å². The molecule has 1 aromatic rings. The van der Waals surface area contributed by atoms with Gasteiger partial charge in [0.15, 0.2) is 0 Å². The van der Waals surface area contributed by atoms with Crippen molar-refractivity contribution in [1.82, 2.24) is 15.5 Å². The number of nitrogens with one attached hydrogen (secondary N) is 2. The lowest BCUT2D eigenvalue weighted by Crippen LogP contribution is -2.52. The maximum Gasteiger partial charge on any atom is 0.242 e. The second kappa shape index (κ2) is 11.3. The van der Waals surface area contributed by atoms with Crippen LogP contribution in [0.5, 0.6) is 0 Å². The van der Waals surface area contributed by atoms with Gasteiger partial charge >= 0.3 is 0 Å². The van der Waals surface area contributed by atoms with Gasteiger partial charge in [-0.15, -0.1) is 24.8 Å². The van der Waals surface area contributed by atoms with Crippen molar-refractivity contribution in [3.05, 3.63) is 35.9 Å². The number of hydrogen-bond donors (Lipinski definition) is 2. The van der Waals surface area contributed by atoms with Crippen LogP contribution < -0.4 is 10.6 Å². The third-order valence-corrected chi connectivity index (χ3v) is 5.83. The van der Waals surface area contributed by atoms with Crippen LogP contribution in [0, 0.1) is 5.92 Å². The van der Waals surface area contributed by atoms with Gasteiger partial charge in [0.25, 0.3) is 0 Å². The molecule has 7 heteroatoms. The molecule has 2 aliphatic heterocycles. The molecule has 0 saturated carbocycles. The number of benzene rings is 1. The van der Waals surface area contributed by atoms with E-state index in [1.54, 1.807) is 0 Å². The van der Waals surface area contributed by atoms with Gasteiger partial charge in [-0.25, -0.2) is 0 Å². The fourth-order valence-electron chi connectivity index (χ4n) is 3.49. The van der Waals surface area contributed by atoms with E-state index in [0.29, 0.717) is 5.92 Å². The van der Waals surface area contributed by atoms with E-state index in [1.165, 1.54) is 0 Å². The van der Waals surface area contributed by atoms with E-state index >= 15 is 0 Å². The lowest BCUT2D eigenvalue weighted by molar-refractivity contribution is -0.127. The Morgan fingerprint density at radius 3 is 2.56 bits per heavy atom. The van der Waals surface area contributed by atoms with Gasteiger partial charge in [-0.1, -0.05) is 37.3 Å². The number of carbonyl (C=O) groups excluding carboxylic acids is 1. The minimum absolute atomic E-state index is 0. The average molecular weight is 406 g/mol. The first kappa shape index (κ1) is 22.6. The Hall–Kier alpha value is -0.460. The molecule has 1 amide bonds. The molecule has 3 atom stereocenters. The quantitative estimate of drug-likeness (QED) is 0.807. The summed E-state index contributed by atoms with van der Waals surface area (Å²) in [7, 11) is 0. The van der Waals surface area contributed by atoms with Crippen LogP contribution in [-0.2, 0) is 4.79 Å². The number of thioether (sulfide) groups is 1. The number of rotatable bonds is 4. The molecule has 1 aromatic carbocycles. The highest BCUT2D eigenvalue weighted by atomic mass is 35.5. The minimum atomic E-state index is -0.154. The van der Waals surface area contributed by atoms with Crippen LogP contribution in [0.2, 0.25) is 0 Å². The Labute approximate surface area is 167 Å². The highest BCUT2D eigenvalue weighted by molar-refractivity contribution is 7.99. The fraction of sp³-hybridized carbons (Fsp3) is 0.611. The lowest BCUT2D eigenvalue weighted by Gasteiger charge is -2.36. The molecule has 25 heavy (non-hydrogen) atoms. The summed E-state index contributed by atoms with van der Waals surface area (Å²) in [6.45, 7) is 6.16. The summed E-state index contributed by atoms with van der Waals surface area (Å²) in [4.78, 5) is 15.4. The number of piperidine rings is 1. The summed E-state index contributed by atoms with van der Waals surface area (Å²) in [6, 6.07) is 10.4. The van der Waals surface area contributed by atoms with Crippen molar-refractivity contribution in [1.29, 1.82) is 0 Å². The zero-order valence-electron chi connectivity index (χ0n) is 14.6. The third kappa shape index (κ3) is 6.04. The SMILES string of the molecule is CC1CNCCC1NC(=O)C(c1ccccc1)N1CCSCC1.Cl.Cl. The summed E-state index contributed by atoms with van der Waals surface area (Å²) in [5.41, 5.74) is 1.11. The van der Waals surface area contributed by atoms with E-state index in [1.807, 2.05) is 30.0 Å². The van der Waals surface area contributed by atoms with Gasteiger partial charge in [-0.3, -0.25) is 9.69 Å². The van der Waals surface area contributed by atoms with E-state index in [4.69, 9.17) is 0 Å².